The lowest BCUT2D eigenvalue weighted by molar-refractivity contribution is -0.144. The summed E-state index contributed by atoms with van der Waals surface area (Å²) in [7, 11) is 1.21. The Hall–Kier alpha value is -3.40. The van der Waals surface area contributed by atoms with Gasteiger partial charge >= 0.3 is 12.1 Å². The monoisotopic (exact) mass is 522 g/mol. The second kappa shape index (κ2) is 10.0. The third-order valence-electron chi connectivity index (χ3n) is 4.81. The molecule has 1 atom stereocenters. The van der Waals surface area contributed by atoms with Crippen LogP contribution >= 0.6 is 15.9 Å². The maximum Gasteiger partial charge on any atom is 0.416 e. The van der Waals surface area contributed by atoms with Crippen molar-refractivity contribution in [2.75, 3.05) is 12.4 Å². The number of carbonyl (C=O) groups excluding carboxylic acids is 2. The predicted molar refractivity (Wildman–Crippen MR) is 119 cm³/mol. The summed E-state index contributed by atoms with van der Waals surface area (Å²) in [6.07, 6.45) is -2.97. The van der Waals surface area contributed by atoms with E-state index in [-0.39, 0.29) is 17.7 Å². The molecule has 3 aromatic rings. The van der Waals surface area contributed by atoms with E-state index < -0.39 is 35.2 Å². The largest absolute Gasteiger partial charge is 0.467 e. The fourth-order valence-corrected chi connectivity index (χ4v) is 3.61. The fourth-order valence-electron chi connectivity index (χ4n) is 3.16. The molecule has 0 bridgehead atoms. The number of benzene rings is 2. The first-order valence-electron chi connectivity index (χ1n) is 9.62. The third-order valence-corrected chi connectivity index (χ3v) is 5.25. The van der Waals surface area contributed by atoms with Gasteiger partial charge in [0, 0.05) is 22.7 Å². The van der Waals surface area contributed by atoms with Gasteiger partial charge in [0.1, 0.15) is 11.7 Å². The minimum Gasteiger partial charge on any atom is -0.467 e. The van der Waals surface area contributed by atoms with Gasteiger partial charge < -0.3 is 10.1 Å². The second-order valence-electron chi connectivity index (χ2n) is 7.04. The van der Waals surface area contributed by atoms with Crippen molar-refractivity contribution in [1.82, 2.24) is 4.57 Å². The van der Waals surface area contributed by atoms with E-state index in [1.165, 1.54) is 19.4 Å². The van der Waals surface area contributed by atoms with Crippen LogP contribution in [0.15, 0.2) is 76.1 Å². The van der Waals surface area contributed by atoms with Crippen LogP contribution in [0.4, 0.5) is 18.9 Å². The topological polar surface area (TPSA) is 77.4 Å². The van der Waals surface area contributed by atoms with Crippen LogP contribution in [0.2, 0.25) is 0 Å². The van der Waals surface area contributed by atoms with E-state index in [1.54, 1.807) is 24.3 Å². The first-order chi connectivity index (χ1) is 15.6. The number of nitrogens with zero attached hydrogens (tertiary/aromatic N) is 1. The van der Waals surface area contributed by atoms with Crippen LogP contribution in [0.25, 0.3) is 0 Å². The number of amides is 1. The lowest BCUT2D eigenvalue weighted by Crippen LogP contribution is -2.34. The second-order valence-corrected chi connectivity index (χ2v) is 7.96. The number of halogens is 4. The molecule has 10 heteroatoms. The smallest absolute Gasteiger partial charge is 0.416 e. The number of ether oxygens (including phenoxy) is 1. The van der Waals surface area contributed by atoms with E-state index in [1.807, 2.05) is 6.07 Å². The number of methoxy groups -OCH3 is 1. The summed E-state index contributed by atoms with van der Waals surface area (Å²) in [5.74, 6) is -1.43. The third kappa shape index (κ3) is 5.89. The van der Waals surface area contributed by atoms with E-state index in [0.717, 1.165) is 34.4 Å². The summed E-state index contributed by atoms with van der Waals surface area (Å²) in [6.45, 7) is 0. The van der Waals surface area contributed by atoms with Crippen LogP contribution in [-0.2, 0) is 22.1 Å². The first-order valence-corrected chi connectivity index (χ1v) is 10.4. The molecule has 3 rings (SSSR count). The van der Waals surface area contributed by atoms with Crippen LogP contribution in [0, 0.1) is 0 Å². The molecule has 1 heterocycles. The number of anilines is 1. The van der Waals surface area contributed by atoms with E-state index in [4.69, 9.17) is 4.74 Å². The van der Waals surface area contributed by atoms with Crippen LogP contribution in [0.3, 0.4) is 0 Å². The van der Waals surface area contributed by atoms with Gasteiger partial charge in [-0.15, -0.1) is 0 Å². The van der Waals surface area contributed by atoms with E-state index in [0.29, 0.717) is 4.47 Å². The van der Waals surface area contributed by atoms with Crippen molar-refractivity contribution in [2.45, 2.75) is 18.6 Å². The molecule has 33 heavy (non-hydrogen) atoms. The highest BCUT2D eigenvalue weighted by Crippen LogP contribution is 2.29. The van der Waals surface area contributed by atoms with Gasteiger partial charge in [-0.1, -0.05) is 30.3 Å². The van der Waals surface area contributed by atoms with Crippen LogP contribution in [0.5, 0.6) is 0 Å². The minimum absolute atomic E-state index is 0.0669. The van der Waals surface area contributed by atoms with Gasteiger partial charge in [-0.3, -0.25) is 14.2 Å². The molecule has 0 radical (unpaired) electrons. The molecule has 6 nitrogen and oxygen atoms in total. The maximum absolute atomic E-state index is 13.1. The predicted octanol–water partition coefficient (Wildman–Crippen LogP) is 4.84. The first kappa shape index (κ1) is 24.2. The van der Waals surface area contributed by atoms with E-state index in [9.17, 15) is 27.6 Å². The number of hydrogen-bond acceptors (Lipinski definition) is 4. The zero-order valence-corrected chi connectivity index (χ0v) is 18.8. The molecule has 1 amide bonds. The average molecular weight is 523 g/mol. The highest BCUT2D eigenvalue weighted by molar-refractivity contribution is 9.10. The summed E-state index contributed by atoms with van der Waals surface area (Å²) in [6, 6.07) is 12.9. The van der Waals surface area contributed by atoms with Gasteiger partial charge in [0.2, 0.25) is 0 Å². The number of aromatic nitrogens is 1. The summed E-state index contributed by atoms with van der Waals surface area (Å²) in [4.78, 5) is 38.1. The van der Waals surface area contributed by atoms with Gasteiger partial charge in [-0.25, -0.2) is 4.79 Å². The molecule has 0 unspecified atom stereocenters. The molecule has 2 aromatic carbocycles. The molecule has 0 saturated heterocycles. The molecule has 0 aliphatic rings. The van der Waals surface area contributed by atoms with Crippen molar-refractivity contribution < 1.29 is 27.5 Å². The van der Waals surface area contributed by atoms with Crippen molar-refractivity contribution in [2.24, 2.45) is 0 Å². The molecular formula is C23H18BrF3N2O4. The molecule has 0 saturated carbocycles. The lowest BCUT2D eigenvalue weighted by atomic mass is 10.1. The Labute approximate surface area is 195 Å². The van der Waals surface area contributed by atoms with Crippen molar-refractivity contribution in [3.8, 4) is 0 Å². The highest BCUT2D eigenvalue weighted by atomic mass is 79.9. The number of rotatable bonds is 6. The molecule has 172 valence electrons. The molecule has 0 fully saturated rings. The minimum atomic E-state index is -4.53. The zero-order chi connectivity index (χ0) is 24.2. The Kier molecular flexibility index (Phi) is 7.37. The van der Waals surface area contributed by atoms with Gasteiger partial charge in [-0.2, -0.15) is 13.2 Å². The van der Waals surface area contributed by atoms with Crippen molar-refractivity contribution >= 4 is 33.5 Å². The molecule has 1 aromatic heterocycles. The van der Waals surface area contributed by atoms with Crippen molar-refractivity contribution in [3.05, 3.63) is 98.4 Å². The Morgan fingerprint density at radius 3 is 2.30 bits per heavy atom. The maximum atomic E-state index is 13.1. The van der Waals surface area contributed by atoms with Crippen molar-refractivity contribution in [1.29, 1.82) is 0 Å². The lowest BCUT2D eigenvalue weighted by Gasteiger charge is -2.19. The molecule has 1 N–H and O–H groups in total. The Morgan fingerprint density at radius 2 is 1.73 bits per heavy atom. The quantitative estimate of drug-likeness (QED) is 0.470. The number of alkyl halides is 3. The molecule has 0 spiro atoms. The molecular weight excluding hydrogens is 505 g/mol. The van der Waals surface area contributed by atoms with Gasteiger partial charge in [-0.05, 0) is 51.8 Å². The molecule has 0 aliphatic carbocycles. The van der Waals surface area contributed by atoms with E-state index >= 15 is 0 Å². The van der Waals surface area contributed by atoms with Crippen LogP contribution in [-0.4, -0.2) is 23.6 Å². The zero-order valence-electron chi connectivity index (χ0n) is 17.2. The van der Waals surface area contributed by atoms with Gasteiger partial charge in [0.05, 0.1) is 12.7 Å². The number of pyridine rings is 1. The van der Waals surface area contributed by atoms with Crippen LogP contribution in [0.1, 0.15) is 27.5 Å². The Morgan fingerprint density at radius 1 is 1.09 bits per heavy atom. The Balaban J connectivity index is 1.93. The SMILES string of the molecule is COC(=O)[C@H](Cc1ccccc1)n1cc(Br)cc(NC(=O)c2ccc(C(F)(F)F)cc2)c1=O. The summed E-state index contributed by atoms with van der Waals surface area (Å²) >= 11 is 3.26. The summed E-state index contributed by atoms with van der Waals surface area (Å²) in [5.41, 5.74) is -1.01. The summed E-state index contributed by atoms with van der Waals surface area (Å²) < 4.78 is 44.7. The highest BCUT2D eigenvalue weighted by Gasteiger charge is 2.30. The average Bonchev–Trinajstić information content (AvgIpc) is 2.79. The number of carbonyl (C=O) groups is 2. The standard InChI is InChI=1S/C23H18BrF3N2O4/c1-33-22(32)19(11-14-5-3-2-4-6-14)29-13-17(24)12-18(21(29)31)28-20(30)15-7-9-16(10-8-15)23(25,26)27/h2-10,12-13,19H,11H2,1H3,(H,28,30)/t19-/m0/s1. The summed E-state index contributed by atoms with van der Waals surface area (Å²) in [5, 5.41) is 2.41. The number of esters is 1. The normalized spacial score (nSPS) is 12.2. The van der Waals surface area contributed by atoms with E-state index in [2.05, 4.69) is 21.2 Å². The van der Waals surface area contributed by atoms with Crippen LogP contribution < -0.4 is 10.9 Å². The molecule has 0 aliphatic heterocycles. The number of nitrogens with one attached hydrogen (secondary N) is 1. The van der Waals surface area contributed by atoms with Gasteiger partial charge in [0.15, 0.2) is 0 Å². The van der Waals surface area contributed by atoms with Gasteiger partial charge in [0.25, 0.3) is 11.5 Å². The Bertz CT molecular complexity index is 1210. The number of hydrogen-bond donors (Lipinski definition) is 1. The fraction of sp³-hybridized carbons (Fsp3) is 0.174. The van der Waals surface area contributed by atoms with Crippen molar-refractivity contribution in [3.63, 3.8) is 0 Å².